The Labute approximate surface area is 118 Å². The lowest BCUT2D eigenvalue weighted by Crippen LogP contribution is -2.25. The fourth-order valence-corrected chi connectivity index (χ4v) is 3.18. The van der Waals surface area contributed by atoms with Crippen molar-refractivity contribution < 1.29 is 0 Å². The van der Waals surface area contributed by atoms with Crippen LogP contribution in [-0.4, -0.2) is 12.0 Å². The molecule has 2 nitrogen and oxygen atoms in total. The third kappa shape index (κ3) is 2.38. The number of fused-ring (bicyclic) bond motifs is 1. The second kappa shape index (κ2) is 5.32. The topological polar surface area (TPSA) is 24.9 Å². The summed E-state index contributed by atoms with van der Waals surface area (Å²) in [5.41, 5.74) is 4.12. The van der Waals surface area contributed by atoms with E-state index >= 15 is 0 Å². The zero-order valence-corrected chi connectivity index (χ0v) is 11.7. The SMILES string of the molecule is CNC(CC1Cc2ccccc21)c1ccncc1Cl. The second-order valence-corrected chi connectivity index (χ2v) is 5.48. The number of pyridine rings is 1. The predicted molar refractivity (Wildman–Crippen MR) is 78.6 cm³/mol. The number of nitrogens with zero attached hydrogens (tertiary/aromatic N) is 1. The van der Waals surface area contributed by atoms with Gasteiger partial charge in [-0.15, -0.1) is 0 Å². The smallest absolute Gasteiger partial charge is 0.0637 e. The van der Waals surface area contributed by atoms with Gasteiger partial charge in [-0.3, -0.25) is 4.98 Å². The number of aromatic nitrogens is 1. The van der Waals surface area contributed by atoms with Crippen molar-refractivity contribution >= 4 is 11.6 Å². The van der Waals surface area contributed by atoms with Crippen LogP contribution in [0.2, 0.25) is 5.02 Å². The van der Waals surface area contributed by atoms with E-state index in [2.05, 4.69) is 34.6 Å². The molecule has 1 N–H and O–H groups in total. The van der Waals surface area contributed by atoms with Gasteiger partial charge in [0.05, 0.1) is 5.02 Å². The molecule has 0 fully saturated rings. The van der Waals surface area contributed by atoms with Gasteiger partial charge in [0.1, 0.15) is 0 Å². The van der Waals surface area contributed by atoms with Gasteiger partial charge in [-0.2, -0.15) is 0 Å². The van der Waals surface area contributed by atoms with Crippen molar-refractivity contribution in [2.75, 3.05) is 7.05 Å². The zero-order chi connectivity index (χ0) is 13.2. The standard InChI is InChI=1S/C16H17ClN2/c1-18-16(14-6-7-19-10-15(14)17)9-12-8-11-4-2-3-5-13(11)12/h2-7,10,12,16,18H,8-9H2,1H3. The van der Waals surface area contributed by atoms with Crippen molar-refractivity contribution in [1.82, 2.24) is 10.3 Å². The molecule has 19 heavy (non-hydrogen) atoms. The van der Waals surface area contributed by atoms with Gasteiger partial charge in [0.2, 0.25) is 0 Å². The number of rotatable bonds is 4. The fraction of sp³-hybridized carbons (Fsp3) is 0.312. The summed E-state index contributed by atoms with van der Waals surface area (Å²) in [6.45, 7) is 0. The van der Waals surface area contributed by atoms with Crippen LogP contribution in [0, 0.1) is 0 Å². The van der Waals surface area contributed by atoms with Gasteiger partial charge in [-0.1, -0.05) is 35.9 Å². The molecular formula is C16H17ClN2. The van der Waals surface area contributed by atoms with Crippen molar-refractivity contribution in [2.45, 2.75) is 24.8 Å². The molecule has 0 aliphatic heterocycles. The van der Waals surface area contributed by atoms with Crippen LogP contribution < -0.4 is 5.32 Å². The summed E-state index contributed by atoms with van der Waals surface area (Å²) in [5, 5.41) is 4.12. The minimum atomic E-state index is 0.286. The largest absolute Gasteiger partial charge is 0.313 e. The van der Waals surface area contributed by atoms with Crippen LogP contribution in [0.1, 0.15) is 35.1 Å². The number of nitrogens with one attached hydrogen (secondary N) is 1. The van der Waals surface area contributed by atoms with Crippen LogP contribution in [0.3, 0.4) is 0 Å². The van der Waals surface area contributed by atoms with Crippen LogP contribution in [0.25, 0.3) is 0 Å². The highest BCUT2D eigenvalue weighted by molar-refractivity contribution is 6.31. The minimum Gasteiger partial charge on any atom is -0.313 e. The number of hydrogen-bond acceptors (Lipinski definition) is 2. The maximum absolute atomic E-state index is 6.24. The molecule has 3 heteroatoms. The highest BCUT2D eigenvalue weighted by Gasteiger charge is 2.28. The van der Waals surface area contributed by atoms with E-state index in [9.17, 15) is 0 Å². The Morgan fingerprint density at radius 1 is 1.37 bits per heavy atom. The van der Waals surface area contributed by atoms with E-state index in [0.29, 0.717) is 5.92 Å². The van der Waals surface area contributed by atoms with Gasteiger partial charge in [0.15, 0.2) is 0 Å². The van der Waals surface area contributed by atoms with Crippen molar-refractivity contribution in [1.29, 1.82) is 0 Å². The monoisotopic (exact) mass is 272 g/mol. The summed E-state index contributed by atoms with van der Waals surface area (Å²) in [6, 6.07) is 11.0. The molecule has 0 bridgehead atoms. The van der Waals surface area contributed by atoms with E-state index in [0.717, 1.165) is 17.0 Å². The molecule has 98 valence electrons. The Kier molecular flexibility index (Phi) is 3.54. The van der Waals surface area contributed by atoms with Gasteiger partial charge in [-0.25, -0.2) is 0 Å². The average Bonchev–Trinajstić information content (AvgIpc) is 2.42. The van der Waals surface area contributed by atoms with Crippen LogP contribution >= 0.6 is 11.6 Å². The van der Waals surface area contributed by atoms with Gasteiger partial charge in [0.25, 0.3) is 0 Å². The first-order valence-corrected chi connectivity index (χ1v) is 7.02. The molecule has 0 spiro atoms. The Morgan fingerprint density at radius 3 is 2.95 bits per heavy atom. The lowest BCUT2D eigenvalue weighted by molar-refractivity contribution is 0.452. The molecule has 1 aliphatic rings. The van der Waals surface area contributed by atoms with Crippen molar-refractivity contribution in [3.05, 3.63) is 64.4 Å². The summed E-state index contributed by atoms with van der Waals surface area (Å²) in [4.78, 5) is 4.05. The first-order valence-electron chi connectivity index (χ1n) is 6.64. The molecule has 0 radical (unpaired) electrons. The van der Waals surface area contributed by atoms with Crippen molar-refractivity contribution in [2.24, 2.45) is 0 Å². The molecule has 1 aromatic carbocycles. The molecule has 3 rings (SSSR count). The molecular weight excluding hydrogens is 256 g/mol. The van der Waals surface area contributed by atoms with Gasteiger partial charge in [0, 0.05) is 18.4 Å². The first-order chi connectivity index (χ1) is 9.29. The minimum absolute atomic E-state index is 0.286. The molecule has 2 unspecified atom stereocenters. The van der Waals surface area contributed by atoms with Gasteiger partial charge < -0.3 is 5.32 Å². The van der Waals surface area contributed by atoms with E-state index in [1.165, 1.54) is 17.5 Å². The van der Waals surface area contributed by atoms with E-state index < -0.39 is 0 Å². The maximum Gasteiger partial charge on any atom is 0.0637 e. The average molecular weight is 273 g/mol. The predicted octanol–water partition coefficient (Wildman–Crippen LogP) is 3.73. The number of benzene rings is 1. The molecule has 0 saturated carbocycles. The summed E-state index contributed by atoms with van der Waals surface area (Å²) < 4.78 is 0. The van der Waals surface area contributed by atoms with Gasteiger partial charge >= 0.3 is 0 Å². The van der Waals surface area contributed by atoms with E-state index in [1.54, 1.807) is 12.4 Å². The third-order valence-electron chi connectivity index (χ3n) is 4.01. The van der Waals surface area contributed by atoms with Crippen LogP contribution in [-0.2, 0) is 6.42 Å². The second-order valence-electron chi connectivity index (χ2n) is 5.07. The summed E-state index contributed by atoms with van der Waals surface area (Å²) >= 11 is 6.24. The molecule has 1 heterocycles. The molecule has 0 amide bonds. The molecule has 2 aromatic rings. The van der Waals surface area contributed by atoms with Crippen molar-refractivity contribution in [3.8, 4) is 0 Å². The molecule has 1 aromatic heterocycles. The quantitative estimate of drug-likeness (QED) is 0.917. The Hall–Kier alpha value is -1.38. The van der Waals surface area contributed by atoms with Crippen LogP contribution in [0.5, 0.6) is 0 Å². The normalized spacial score (nSPS) is 18.5. The third-order valence-corrected chi connectivity index (χ3v) is 4.32. The number of hydrogen-bond donors (Lipinski definition) is 1. The molecule has 2 atom stereocenters. The highest BCUT2D eigenvalue weighted by Crippen LogP contribution is 2.41. The highest BCUT2D eigenvalue weighted by atomic mass is 35.5. The van der Waals surface area contributed by atoms with E-state index in [1.807, 2.05) is 13.1 Å². The summed E-state index contributed by atoms with van der Waals surface area (Å²) in [5.74, 6) is 0.637. The Balaban J connectivity index is 1.78. The maximum atomic E-state index is 6.24. The van der Waals surface area contributed by atoms with Crippen LogP contribution in [0.15, 0.2) is 42.7 Å². The van der Waals surface area contributed by atoms with Gasteiger partial charge in [-0.05, 0) is 48.6 Å². The Bertz CT molecular complexity index is 582. The first kappa shape index (κ1) is 12.6. The fourth-order valence-electron chi connectivity index (χ4n) is 2.93. The van der Waals surface area contributed by atoms with Crippen molar-refractivity contribution in [3.63, 3.8) is 0 Å². The van der Waals surface area contributed by atoms with E-state index in [4.69, 9.17) is 11.6 Å². The van der Waals surface area contributed by atoms with E-state index in [-0.39, 0.29) is 6.04 Å². The molecule has 1 aliphatic carbocycles. The number of halogens is 1. The summed E-state index contributed by atoms with van der Waals surface area (Å²) in [7, 11) is 1.99. The summed E-state index contributed by atoms with van der Waals surface area (Å²) in [6.07, 6.45) is 5.78. The molecule has 0 saturated heterocycles. The lowest BCUT2D eigenvalue weighted by atomic mass is 9.74. The van der Waals surface area contributed by atoms with Crippen LogP contribution in [0.4, 0.5) is 0 Å². The zero-order valence-electron chi connectivity index (χ0n) is 10.9. The Morgan fingerprint density at radius 2 is 2.21 bits per heavy atom. The lowest BCUT2D eigenvalue weighted by Gasteiger charge is -2.33.